The lowest BCUT2D eigenvalue weighted by atomic mass is 10.1. The van der Waals surface area contributed by atoms with Crippen molar-refractivity contribution >= 4 is 16.7 Å². The van der Waals surface area contributed by atoms with E-state index in [1.165, 1.54) is 0 Å². The predicted octanol–water partition coefficient (Wildman–Crippen LogP) is 2.23. The first-order chi connectivity index (χ1) is 11.6. The molecule has 1 amide bonds. The molecular weight excluding hydrogens is 324 g/mol. The van der Waals surface area contributed by atoms with E-state index in [9.17, 15) is 9.00 Å². The molecule has 0 unspecified atom stereocenters. The zero-order valence-corrected chi connectivity index (χ0v) is 14.8. The lowest BCUT2D eigenvalue weighted by Gasteiger charge is -2.23. The van der Waals surface area contributed by atoms with Gasteiger partial charge in [0.2, 0.25) is 0 Å². The molecule has 0 aliphatic carbocycles. The summed E-state index contributed by atoms with van der Waals surface area (Å²) in [5, 5.41) is 7.52. The van der Waals surface area contributed by atoms with Crippen LogP contribution in [0.5, 0.6) is 0 Å². The van der Waals surface area contributed by atoms with Gasteiger partial charge in [-0.3, -0.25) is 9.00 Å². The minimum absolute atomic E-state index is 0.151. The highest BCUT2D eigenvalue weighted by molar-refractivity contribution is 7.85. The second-order valence-corrected chi connectivity index (χ2v) is 7.47. The summed E-state index contributed by atoms with van der Waals surface area (Å²) in [6.45, 7) is 4.71. The third-order valence-electron chi connectivity index (χ3n) is 4.18. The Hall–Kier alpha value is -2.02. The lowest BCUT2D eigenvalue weighted by Crippen LogP contribution is -2.33. The molecule has 0 saturated carbocycles. The molecule has 1 N–H and O–H groups in total. The van der Waals surface area contributed by atoms with E-state index in [4.69, 9.17) is 0 Å². The standard InChI is InChI=1S/C17H22N4O2S/c1-3-15-19-16-13(9-7-11-21(16)20-15)18-17(22)12-8-5-6-10-14(12)24(23)4-2/h5-6,8,10,13H,3-4,7,9,11H2,1-2H3,(H,18,22)/t13-,24-/m0/s1. The number of aromatic nitrogens is 3. The summed E-state index contributed by atoms with van der Waals surface area (Å²) in [5.74, 6) is 1.91. The molecule has 1 aromatic carbocycles. The van der Waals surface area contributed by atoms with Crippen molar-refractivity contribution in [2.75, 3.05) is 5.75 Å². The summed E-state index contributed by atoms with van der Waals surface area (Å²) in [4.78, 5) is 17.9. The molecule has 2 heterocycles. The highest BCUT2D eigenvalue weighted by Gasteiger charge is 2.26. The third-order valence-corrected chi connectivity index (χ3v) is 5.55. The molecule has 24 heavy (non-hydrogen) atoms. The van der Waals surface area contributed by atoms with Gasteiger partial charge in [-0.2, -0.15) is 5.10 Å². The fraction of sp³-hybridized carbons (Fsp3) is 0.471. The first-order valence-corrected chi connectivity index (χ1v) is 9.67. The van der Waals surface area contributed by atoms with Crippen molar-refractivity contribution in [1.82, 2.24) is 20.1 Å². The molecule has 2 aromatic rings. The molecule has 1 aliphatic rings. The Morgan fingerprint density at radius 1 is 1.38 bits per heavy atom. The normalized spacial score (nSPS) is 18.0. The van der Waals surface area contributed by atoms with E-state index in [1.54, 1.807) is 18.2 Å². The number of rotatable bonds is 5. The van der Waals surface area contributed by atoms with Crippen LogP contribution in [-0.2, 0) is 23.8 Å². The van der Waals surface area contributed by atoms with Crippen LogP contribution >= 0.6 is 0 Å². The number of amides is 1. The molecule has 128 valence electrons. The van der Waals surface area contributed by atoms with Crippen molar-refractivity contribution in [2.24, 2.45) is 0 Å². The number of aryl methyl sites for hydroxylation is 2. The smallest absolute Gasteiger partial charge is 0.253 e. The van der Waals surface area contributed by atoms with Crippen LogP contribution in [0.1, 0.15) is 54.7 Å². The quantitative estimate of drug-likeness (QED) is 0.901. The van der Waals surface area contributed by atoms with Gasteiger partial charge in [0.05, 0.1) is 27.3 Å². The van der Waals surface area contributed by atoms with E-state index in [0.717, 1.165) is 37.5 Å². The first-order valence-electron chi connectivity index (χ1n) is 8.35. The van der Waals surface area contributed by atoms with Crippen LogP contribution < -0.4 is 5.32 Å². The van der Waals surface area contributed by atoms with Crippen molar-refractivity contribution in [3.8, 4) is 0 Å². The van der Waals surface area contributed by atoms with Crippen molar-refractivity contribution in [1.29, 1.82) is 0 Å². The second-order valence-electron chi connectivity index (χ2n) is 5.76. The number of hydrogen-bond acceptors (Lipinski definition) is 4. The summed E-state index contributed by atoms with van der Waals surface area (Å²) in [6, 6.07) is 6.94. The van der Waals surface area contributed by atoms with E-state index in [-0.39, 0.29) is 11.9 Å². The summed E-state index contributed by atoms with van der Waals surface area (Å²) in [7, 11) is -1.17. The second kappa shape index (κ2) is 7.25. The average molecular weight is 346 g/mol. The fourth-order valence-corrected chi connectivity index (χ4v) is 3.88. The number of hydrogen-bond donors (Lipinski definition) is 1. The minimum Gasteiger partial charge on any atom is -0.342 e. The Balaban J connectivity index is 1.84. The van der Waals surface area contributed by atoms with Crippen LogP contribution in [0, 0.1) is 0 Å². The Bertz CT molecular complexity index is 772. The highest BCUT2D eigenvalue weighted by atomic mass is 32.2. The zero-order chi connectivity index (χ0) is 17.1. The largest absolute Gasteiger partial charge is 0.342 e. The Morgan fingerprint density at radius 3 is 2.92 bits per heavy atom. The van der Waals surface area contributed by atoms with Gasteiger partial charge in [-0.1, -0.05) is 26.0 Å². The van der Waals surface area contributed by atoms with E-state index in [2.05, 4.69) is 15.4 Å². The van der Waals surface area contributed by atoms with Gasteiger partial charge in [-0.15, -0.1) is 0 Å². The van der Waals surface area contributed by atoms with Gasteiger partial charge in [0.25, 0.3) is 5.91 Å². The predicted molar refractivity (Wildman–Crippen MR) is 92.2 cm³/mol. The van der Waals surface area contributed by atoms with Gasteiger partial charge in [0.1, 0.15) is 5.82 Å². The van der Waals surface area contributed by atoms with Crippen LogP contribution in [0.3, 0.4) is 0 Å². The van der Waals surface area contributed by atoms with Crippen LogP contribution in [0.15, 0.2) is 29.2 Å². The Labute approximate surface area is 144 Å². The number of carbonyl (C=O) groups excluding carboxylic acids is 1. The minimum atomic E-state index is -1.17. The van der Waals surface area contributed by atoms with Crippen LogP contribution in [-0.4, -0.2) is 30.6 Å². The summed E-state index contributed by atoms with van der Waals surface area (Å²) < 4.78 is 14.1. The molecule has 1 aromatic heterocycles. The van der Waals surface area contributed by atoms with Gasteiger partial charge >= 0.3 is 0 Å². The summed E-state index contributed by atoms with van der Waals surface area (Å²) >= 11 is 0. The molecule has 6 nitrogen and oxygen atoms in total. The summed E-state index contributed by atoms with van der Waals surface area (Å²) in [6.07, 6.45) is 2.57. The van der Waals surface area contributed by atoms with Crippen LogP contribution in [0.25, 0.3) is 0 Å². The van der Waals surface area contributed by atoms with Crippen LogP contribution in [0.4, 0.5) is 0 Å². The van der Waals surface area contributed by atoms with Crippen molar-refractivity contribution < 1.29 is 9.00 Å². The molecule has 0 saturated heterocycles. The SMILES string of the molecule is CCc1nc2n(n1)CCC[C@@H]2NC(=O)c1ccccc1[S@@](=O)CC. The summed E-state index contributed by atoms with van der Waals surface area (Å²) in [5.41, 5.74) is 0.477. The molecule has 1 aliphatic heterocycles. The molecular formula is C17H22N4O2S. The van der Waals surface area contributed by atoms with Crippen molar-refractivity contribution in [3.63, 3.8) is 0 Å². The van der Waals surface area contributed by atoms with Crippen molar-refractivity contribution in [2.45, 2.75) is 50.6 Å². The van der Waals surface area contributed by atoms with Crippen LogP contribution in [0.2, 0.25) is 0 Å². The topological polar surface area (TPSA) is 76.9 Å². The maximum Gasteiger partial charge on any atom is 0.253 e. The lowest BCUT2D eigenvalue weighted by molar-refractivity contribution is 0.0924. The number of fused-ring (bicyclic) bond motifs is 1. The molecule has 3 rings (SSSR count). The average Bonchev–Trinajstić information content (AvgIpc) is 3.05. The van der Waals surface area contributed by atoms with E-state index in [0.29, 0.717) is 16.2 Å². The number of benzene rings is 1. The molecule has 7 heteroatoms. The molecule has 2 atom stereocenters. The van der Waals surface area contributed by atoms with E-state index < -0.39 is 10.8 Å². The molecule has 0 radical (unpaired) electrons. The fourth-order valence-electron chi connectivity index (χ4n) is 2.93. The molecule has 0 fully saturated rings. The number of carbonyl (C=O) groups is 1. The maximum atomic E-state index is 12.7. The van der Waals surface area contributed by atoms with E-state index in [1.807, 2.05) is 24.6 Å². The maximum absolute atomic E-state index is 12.7. The molecule has 0 bridgehead atoms. The number of nitrogens with zero attached hydrogens (tertiary/aromatic N) is 3. The number of nitrogens with one attached hydrogen (secondary N) is 1. The van der Waals surface area contributed by atoms with Gasteiger partial charge in [0.15, 0.2) is 5.82 Å². The third kappa shape index (κ3) is 3.26. The first kappa shape index (κ1) is 16.8. The van der Waals surface area contributed by atoms with Gasteiger partial charge in [0, 0.05) is 18.7 Å². The van der Waals surface area contributed by atoms with Gasteiger partial charge in [-0.05, 0) is 25.0 Å². The monoisotopic (exact) mass is 346 g/mol. The van der Waals surface area contributed by atoms with Gasteiger partial charge < -0.3 is 5.32 Å². The Kier molecular flexibility index (Phi) is 5.08. The van der Waals surface area contributed by atoms with Crippen molar-refractivity contribution in [3.05, 3.63) is 41.5 Å². The highest BCUT2D eigenvalue weighted by Crippen LogP contribution is 2.24. The van der Waals surface area contributed by atoms with E-state index >= 15 is 0 Å². The zero-order valence-electron chi connectivity index (χ0n) is 14.0. The van der Waals surface area contributed by atoms with Gasteiger partial charge in [-0.25, -0.2) is 9.67 Å². The molecule has 0 spiro atoms. The Morgan fingerprint density at radius 2 is 2.17 bits per heavy atom.